The van der Waals surface area contributed by atoms with Crippen molar-refractivity contribution in [3.8, 4) is 0 Å². The van der Waals surface area contributed by atoms with Crippen LogP contribution in [-0.2, 0) is 32.8 Å². The highest BCUT2D eigenvalue weighted by molar-refractivity contribution is 7.53. The summed E-state index contributed by atoms with van der Waals surface area (Å²) in [6.45, 7) is 0.603. The third kappa shape index (κ3) is 5.46. The average Bonchev–Trinajstić information content (AvgIpc) is 2.79. The Morgan fingerprint density at radius 1 is 0.633 bits per heavy atom. The van der Waals surface area contributed by atoms with Gasteiger partial charge < -0.3 is 9.05 Å². The van der Waals surface area contributed by atoms with Gasteiger partial charge in [-0.15, -0.1) is 0 Å². The minimum Gasteiger partial charge on any atom is -0.308 e. The van der Waals surface area contributed by atoms with Gasteiger partial charge in [0, 0.05) is 0 Å². The molecular formula is C26H25O3P. The largest absolute Gasteiger partial charge is 0.335 e. The van der Waals surface area contributed by atoms with Gasteiger partial charge in [-0.25, -0.2) is 0 Å². The Bertz CT molecular complexity index is 1120. The molecule has 1 atom stereocenters. The van der Waals surface area contributed by atoms with Crippen LogP contribution in [-0.4, -0.2) is 6.61 Å². The Kier molecular flexibility index (Phi) is 6.76. The molecule has 0 N–H and O–H groups in total. The fourth-order valence-corrected chi connectivity index (χ4v) is 5.12. The highest BCUT2D eigenvalue weighted by atomic mass is 31.2. The lowest BCUT2D eigenvalue weighted by atomic mass is 10.0. The molecule has 0 amide bonds. The molecule has 0 fully saturated rings. The Hall–Kier alpha value is -2.71. The topological polar surface area (TPSA) is 35.5 Å². The summed E-state index contributed by atoms with van der Waals surface area (Å²) in [6, 6.07) is 34.0. The molecule has 0 spiro atoms. The molecule has 3 nitrogen and oxygen atoms in total. The van der Waals surface area contributed by atoms with Crippen molar-refractivity contribution in [2.24, 2.45) is 0 Å². The summed E-state index contributed by atoms with van der Waals surface area (Å²) in [5, 5.41) is 2.40. The normalized spacial score (nSPS) is 13.2. The zero-order valence-corrected chi connectivity index (χ0v) is 17.7. The van der Waals surface area contributed by atoms with Gasteiger partial charge in [-0.1, -0.05) is 103 Å². The number of rotatable bonds is 9. The van der Waals surface area contributed by atoms with E-state index >= 15 is 0 Å². The van der Waals surface area contributed by atoms with Gasteiger partial charge >= 0.3 is 7.60 Å². The van der Waals surface area contributed by atoms with Crippen molar-refractivity contribution < 1.29 is 13.6 Å². The standard InChI is InChI=1S/C26H25O3P/c27-30(21-23-12-5-2-6-13-23,29-20-22-10-3-1-4-11-22)28-19-18-25-16-9-15-24-14-7-8-17-26(24)25/h1-17H,18-21H2. The van der Waals surface area contributed by atoms with Crippen LogP contribution in [0.1, 0.15) is 16.7 Å². The van der Waals surface area contributed by atoms with E-state index in [9.17, 15) is 4.57 Å². The first-order chi connectivity index (χ1) is 14.7. The summed E-state index contributed by atoms with van der Waals surface area (Å²) in [5.74, 6) is 0. The Morgan fingerprint density at radius 2 is 1.27 bits per heavy atom. The molecule has 0 radical (unpaired) electrons. The van der Waals surface area contributed by atoms with Crippen LogP contribution in [0.2, 0.25) is 0 Å². The molecule has 0 saturated carbocycles. The van der Waals surface area contributed by atoms with E-state index in [1.54, 1.807) is 0 Å². The molecule has 0 bridgehead atoms. The molecule has 4 rings (SSSR count). The highest BCUT2D eigenvalue weighted by Crippen LogP contribution is 2.52. The van der Waals surface area contributed by atoms with E-state index < -0.39 is 7.60 Å². The van der Waals surface area contributed by atoms with Gasteiger partial charge in [0.05, 0.1) is 19.4 Å². The second-order valence-electron chi connectivity index (χ2n) is 7.24. The zero-order chi connectivity index (χ0) is 20.7. The van der Waals surface area contributed by atoms with Crippen LogP contribution in [0.5, 0.6) is 0 Å². The monoisotopic (exact) mass is 416 g/mol. The predicted octanol–water partition coefficient (Wildman–Crippen LogP) is 7.01. The molecule has 30 heavy (non-hydrogen) atoms. The van der Waals surface area contributed by atoms with Crippen LogP contribution < -0.4 is 0 Å². The van der Waals surface area contributed by atoms with Crippen molar-refractivity contribution in [3.05, 3.63) is 120 Å². The number of hydrogen-bond acceptors (Lipinski definition) is 3. The Balaban J connectivity index is 1.46. The van der Waals surface area contributed by atoms with Gasteiger partial charge in [0.15, 0.2) is 0 Å². The minimum atomic E-state index is -3.30. The van der Waals surface area contributed by atoms with Crippen molar-refractivity contribution in [2.45, 2.75) is 19.2 Å². The first-order valence-corrected chi connectivity index (χ1v) is 11.9. The summed E-state index contributed by atoms with van der Waals surface area (Å²) in [4.78, 5) is 0. The molecular weight excluding hydrogens is 391 g/mol. The fraction of sp³-hybridized carbons (Fsp3) is 0.154. The van der Waals surface area contributed by atoms with Crippen LogP contribution in [0.15, 0.2) is 103 Å². The molecule has 0 aromatic heterocycles. The van der Waals surface area contributed by atoms with Crippen molar-refractivity contribution in [3.63, 3.8) is 0 Å². The van der Waals surface area contributed by atoms with E-state index in [2.05, 4.69) is 24.3 Å². The van der Waals surface area contributed by atoms with Crippen LogP contribution >= 0.6 is 7.60 Å². The molecule has 0 aliphatic carbocycles. The van der Waals surface area contributed by atoms with Gasteiger partial charge in [0.2, 0.25) is 0 Å². The van der Waals surface area contributed by atoms with Gasteiger partial charge in [0.1, 0.15) is 0 Å². The summed E-state index contributed by atoms with van der Waals surface area (Å²) < 4.78 is 25.4. The first-order valence-electron chi connectivity index (χ1n) is 10.1. The smallest absolute Gasteiger partial charge is 0.308 e. The van der Waals surface area contributed by atoms with Crippen LogP contribution in [0.4, 0.5) is 0 Å². The number of benzene rings is 4. The van der Waals surface area contributed by atoms with Crippen molar-refractivity contribution >= 4 is 18.4 Å². The van der Waals surface area contributed by atoms with Crippen LogP contribution in [0.25, 0.3) is 10.8 Å². The Morgan fingerprint density at radius 3 is 2.03 bits per heavy atom. The van der Waals surface area contributed by atoms with Crippen LogP contribution in [0, 0.1) is 0 Å². The average molecular weight is 416 g/mol. The molecule has 0 saturated heterocycles. The maximum Gasteiger partial charge on any atom is 0.335 e. The van der Waals surface area contributed by atoms with E-state index in [1.807, 2.05) is 78.9 Å². The predicted molar refractivity (Wildman–Crippen MR) is 123 cm³/mol. The Labute approximate surface area is 177 Å². The van der Waals surface area contributed by atoms with Crippen molar-refractivity contribution in [1.29, 1.82) is 0 Å². The lowest BCUT2D eigenvalue weighted by Gasteiger charge is -2.19. The second-order valence-corrected chi connectivity index (χ2v) is 9.29. The first kappa shape index (κ1) is 20.6. The number of fused-ring (bicyclic) bond motifs is 1. The third-order valence-electron chi connectivity index (χ3n) is 5.03. The van der Waals surface area contributed by atoms with Crippen molar-refractivity contribution in [2.75, 3.05) is 6.61 Å². The summed E-state index contributed by atoms with van der Waals surface area (Å²) in [7, 11) is -3.30. The van der Waals surface area contributed by atoms with Gasteiger partial charge in [0.25, 0.3) is 0 Å². The SMILES string of the molecule is O=P(Cc1ccccc1)(OCCc1cccc2ccccc12)OCc1ccccc1. The maximum absolute atomic E-state index is 13.6. The lowest BCUT2D eigenvalue weighted by Crippen LogP contribution is -2.03. The lowest BCUT2D eigenvalue weighted by molar-refractivity contribution is 0.198. The maximum atomic E-state index is 13.6. The number of hydrogen-bond donors (Lipinski definition) is 0. The van der Waals surface area contributed by atoms with Crippen LogP contribution in [0.3, 0.4) is 0 Å². The van der Waals surface area contributed by atoms with E-state index in [4.69, 9.17) is 9.05 Å². The van der Waals surface area contributed by atoms with Gasteiger partial charge in [-0.3, -0.25) is 4.57 Å². The van der Waals surface area contributed by atoms with Crippen molar-refractivity contribution in [1.82, 2.24) is 0 Å². The van der Waals surface area contributed by atoms with E-state index in [0.717, 1.165) is 11.1 Å². The third-order valence-corrected chi connectivity index (χ3v) is 6.88. The molecule has 0 heterocycles. The summed E-state index contributed by atoms with van der Waals surface area (Å²) >= 11 is 0. The molecule has 0 aliphatic heterocycles. The molecule has 152 valence electrons. The molecule has 1 unspecified atom stereocenters. The summed E-state index contributed by atoms with van der Waals surface area (Å²) in [6.07, 6.45) is 0.936. The molecule has 0 aliphatic rings. The summed E-state index contributed by atoms with van der Waals surface area (Å²) in [5.41, 5.74) is 3.10. The molecule has 4 aromatic carbocycles. The highest BCUT2D eigenvalue weighted by Gasteiger charge is 2.25. The van der Waals surface area contributed by atoms with E-state index in [-0.39, 0.29) is 12.8 Å². The fourth-order valence-electron chi connectivity index (χ4n) is 3.49. The molecule has 4 aromatic rings. The minimum absolute atomic E-state index is 0.260. The second kappa shape index (κ2) is 9.86. The van der Waals surface area contributed by atoms with Gasteiger partial charge in [-0.2, -0.15) is 0 Å². The zero-order valence-electron chi connectivity index (χ0n) is 16.8. The van der Waals surface area contributed by atoms with Gasteiger partial charge in [-0.05, 0) is 33.9 Å². The van der Waals surface area contributed by atoms with E-state index in [1.165, 1.54) is 16.3 Å². The van der Waals surface area contributed by atoms with E-state index in [0.29, 0.717) is 13.0 Å². The quantitative estimate of drug-likeness (QED) is 0.275. The molecule has 4 heteroatoms.